The average Bonchev–Trinajstić information content (AvgIpc) is 2.44. The van der Waals surface area contributed by atoms with Crippen LogP contribution in [0.5, 0.6) is 0 Å². The number of esters is 2. The maximum atomic E-state index is 10.9. The summed E-state index contributed by atoms with van der Waals surface area (Å²) in [6, 6.07) is 0. The predicted molar refractivity (Wildman–Crippen MR) is 92.9 cm³/mol. The van der Waals surface area contributed by atoms with Crippen LogP contribution in [0.2, 0.25) is 0 Å². The Hall–Kier alpha value is -0.620. The van der Waals surface area contributed by atoms with Crippen LogP contribution < -0.4 is 0 Å². The number of hydrogen-bond acceptors (Lipinski definition) is 6. The Kier molecular flexibility index (Phi) is 14.1. The van der Waals surface area contributed by atoms with E-state index in [-0.39, 0.29) is 12.1 Å². The summed E-state index contributed by atoms with van der Waals surface area (Å²) in [4.78, 5) is 21.3. The molecule has 1 atom stereocenters. The molecule has 6 heteroatoms. The molecule has 0 heterocycles. The Morgan fingerprint density at radius 1 is 1.29 bits per heavy atom. The van der Waals surface area contributed by atoms with Gasteiger partial charge in [0.25, 0.3) is 0 Å². The number of rotatable bonds is 8. The van der Waals surface area contributed by atoms with E-state index < -0.39 is 10.0 Å². The van der Waals surface area contributed by atoms with Crippen LogP contribution in [-0.4, -0.2) is 29.2 Å². The minimum Gasteiger partial charge on any atom is -0.467 e. The van der Waals surface area contributed by atoms with E-state index in [9.17, 15) is 9.59 Å². The molecule has 4 nitrogen and oxygen atoms in total. The second-order valence-electron chi connectivity index (χ2n) is 4.68. The summed E-state index contributed by atoms with van der Waals surface area (Å²) in [5.74, 6) is -0.743. The van der Waals surface area contributed by atoms with Gasteiger partial charge in [0, 0.05) is 6.08 Å². The van der Waals surface area contributed by atoms with Gasteiger partial charge in [-0.05, 0) is 26.2 Å². The molecule has 0 saturated heterocycles. The first-order valence-electron chi connectivity index (χ1n) is 7.09. The van der Waals surface area contributed by atoms with Crippen LogP contribution in [-0.2, 0) is 19.1 Å². The van der Waals surface area contributed by atoms with E-state index in [1.165, 1.54) is 26.0 Å². The number of methoxy groups -OCH3 is 1. The Morgan fingerprint density at radius 3 is 2.14 bits per heavy atom. The second-order valence-corrected chi connectivity index (χ2v) is 6.82. The molecule has 0 bridgehead atoms. The molecule has 0 radical (unpaired) electrons. The van der Waals surface area contributed by atoms with Gasteiger partial charge in [0.05, 0.1) is 7.11 Å². The van der Waals surface area contributed by atoms with Gasteiger partial charge in [-0.2, -0.15) is 25.3 Å². The molecule has 0 aromatic heterocycles. The van der Waals surface area contributed by atoms with Crippen molar-refractivity contribution in [3.8, 4) is 0 Å². The molecule has 0 aliphatic heterocycles. The molecule has 124 valence electrons. The molecule has 0 amide bonds. The summed E-state index contributed by atoms with van der Waals surface area (Å²) in [5, 5.41) is 0. The number of carbonyl (C=O) groups excluding carboxylic acids is 2. The van der Waals surface area contributed by atoms with E-state index in [2.05, 4.69) is 43.5 Å². The van der Waals surface area contributed by atoms with Crippen LogP contribution >= 0.6 is 25.3 Å². The van der Waals surface area contributed by atoms with E-state index in [0.29, 0.717) is 0 Å². The highest BCUT2D eigenvalue weighted by atomic mass is 32.2. The first kappa shape index (κ1) is 22.7. The molecule has 0 spiro atoms. The lowest BCUT2D eigenvalue weighted by Crippen LogP contribution is -2.23. The van der Waals surface area contributed by atoms with E-state index >= 15 is 0 Å². The molecule has 0 N–H and O–H groups in total. The molecule has 1 unspecified atom stereocenters. The zero-order valence-corrected chi connectivity index (χ0v) is 15.2. The Labute approximate surface area is 139 Å². The van der Waals surface area contributed by atoms with Gasteiger partial charge in [-0.3, -0.25) is 0 Å². The standard InChI is InChI=1S/C11H20O2.C4H8O2S2/c1-4-7-8-9-10(5-2)13-11(12)6-3;1-4(7,8)3(5)6-2/h6,10H,3-5,7-9H2,1-2H3;7-8H,1-2H3. The summed E-state index contributed by atoms with van der Waals surface area (Å²) in [6.07, 6.45) is 6.72. The van der Waals surface area contributed by atoms with Gasteiger partial charge >= 0.3 is 11.9 Å². The monoisotopic (exact) mass is 336 g/mol. The van der Waals surface area contributed by atoms with Crippen molar-refractivity contribution in [2.75, 3.05) is 7.11 Å². The highest BCUT2D eigenvalue weighted by Gasteiger charge is 2.23. The van der Waals surface area contributed by atoms with Crippen molar-refractivity contribution in [1.82, 2.24) is 0 Å². The Morgan fingerprint density at radius 2 is 1.86 bits per heavy atom. The molecule has 0 aromatic carbocycles. The highest BCUT2D eigenvalue weighted by Crippen LogP contribution is 2.18. The summed E-state index contributed by atoms with van der Waals surface area (Å²) >= 11 is 7.64. The molecule has 0 rings (SSSR count). The Bertz CT molecular complexity index is 311. The van der Waals surface area contributed by atoms with E-state index in [4.69, 9.17) is 4.74 Å². The van der Waals surface area contributed by atoms with Crippen molar-refractivity contribution in [1.29, 1.82) is 0 Å². The van der Waals surface area contributed by atoms with Gasteiger partial charge in [0.2, 0.25) is 0 Å². The molecule has 0 saturated carbocycles. The quantitative estimate of drug-likeness (QED) is 0.233. The maximum absolute atomic E-state index is 10.9. The first-order valence-corrected chi connectivity index (χ1v) is 7.98. The van der Waals surface area contributed by atoms with E-state index in [0.717, 1.165) is 19.3 Å². The fraction of sp³-hybridized carbons (Fsp3) is 0.733. The number of carbonyl (C=O) groups is 2. The molecule has 0 aliphatic rings. The molecule has 0 aromatic rings. The fourth-order valence-electron chi connectivity index (χ4n) is 1.37. The van der Waals surface area contributed by atoms with Crippen molar-refractivity contribution in [3.63, 3.8) is 0 Å². The largest absolute Gasteiger partial charge is 0.467 e. The smallest absolute Gasteiger partial charge is 0.331 e. The van der Waals surface area contributed by atoms with Crippen LogP contribution in [0.1, 0.15) is 52.9 Å². The summed E-state index contributed by atoms with van der Waals surface area (Å²) in [6.45, 7) is 9.11. The minimum absolute atomic E-state index is 0.0806. The van der Waals surface area contributed by atoms with Crippen molar-refractivity contribution < 1.29 is 19.1 Å². The van der Waals surface area contributed by atoms with Gasteiger partial charge < -0.3 is 9.47 Å². The fourth-order valence-corrected chi connectivity index (χ4v) is 1.56. The third-order valence-corrected chi connectivity index (χ3v) is 2.97. The first-order chi connectivity index (χ1) is 9.72. The van der Waals surface area contributed by atoms with Gasteiger partial charge in [0.1, 0.15) is 6.10 Å². The summed E-state index contributed by atoms with van der Waals surface area (Å²) in [5.41, 5.74) is 0. The van der Waals surface area contributed by atoms with Crippen LogP contribution in [0.25, 0.3) is 0 Å². The zero-order chi connectivity index (χ0) is 16.9. The molecular weight excluding hydrogens is 308 g/mol. The number of unbranched alkanes of at least 4 members (excludes halogenated alkanes) is 2. The average molecular weight is 337 g/mol. The van der Waals surface area contributed by atoms with Gasteiger partial charge in [0.15, 0.2) is 4.08 Å². The van der Waals surface area contributed by atoms with Crippen LogP contribution in [0.15, 0.2) is 12.7 Å². The van der Waals surface area contributed by atoms with Gasteiger partial charge in [-0.25, -0.2) is 9.59 Å². The maximum Gasteiger partial charge on any atom is 0.331 e. The second kappa shape index (κ2) is 13.1. The molecule has 21 heavy (non-hydrogen) atoms. The predicted octanol–water partition coefficient (Wildman–Crippen LogP) is 3.81. The van der Waals surface area contributed by atoms with Gasteiger partial charge in [-0.1, -0.05) is 33.3 Å². The number of ether oxygens (including phenoxy) is 2. The third kappa shape index (κ3) is 14.1. The normalized spacial score (nSPS) is 11.7. The lowest BCUT2D eigenvalue weighted by Gasteiger charge is -2.14. The topological polar surface area (TPSA) is 52.6 Å². The molecule has 0 fully saturated rings. The summed E-state index contributed by atoms with van der Waals surface area (Å²) in [7, 11) is 1.30. The lowest BCUT2D eigenvalue weighted by molar-refractivity contribution is -0.143. The van der Waals surface area contributed by atoms with E-state index in [1.54, 1.807) is 6.92 Å². The SMILES string of the molecule is C=CC(=O)OC(CC)CCCCC.COC(=O)C(C)(S)S. The zero-order valence-electron chi connectivity index (χ0n) is 13.4. The number of thiol groups is 2. The van der Waals surface area contributed by atoms with Crippen molar-refractivity contribution in [2.24, 2.45) is 0 Å². The van der Waals surface area contributed by atoms with Gasteiger partial charge in [-0.15, -0.1) is 0 Å². The highest BCUT2D eigenvalue weighted by molar-refractivity contribution is 8.01. The van der Waals surface area contributed by atoms with E-state index in [1.807, 2.05) is 6.92 Å². The van der Waals surface area contributed by atoms with Crippen LogP contribution in [0.3, 0.4) is 0 Å². The summed E-state index contributed by atoms with van der Waals surface area (Å²) < 4.78 is 8.50. The van der Waals surface area contributed by atoms with Crippen LogP contribution in [0, 0.1) is 0 Å². The van der Waals surface area contributed by atoms with Crippen molar-refractivity contribution in [3.05, 3.63) is 12.7 Å². The molecule has 0 aliphatic carbocycles. The van der Waals surface area contributed by atoms with Crippen molar-refractivity contribution in [2.45, 2.75) is 63.1 Å². The Balaban J connectivity index is 0. The minimum atomic E-state index is -0.964. The number of hydrogen-bond donors (Lipinski definition) is 2. The molecular formula is C15H28O4S2. The third-order valence-electron chi connectivity index (χ3n) is 2.61. The lowest BCUT2D eigenvalue weighted by atomic mass is 10.1. The van der Waals surface area contributed by atoms with Crippen LogP contribution in [0.4, 0.5) is 0 Å². The van der Waals surface area contributed by atoms with Crippen molar-refractivity contribution >= 4 is 37.2 Å².